The van der Waals surface area contributed by atoms with Crippen LogP contribution in [-0.2, 0) is 65.4 Å². The lowest BCUT2D eigenvalue weighted by Gasteiger charge is -2.21. The van der Waals surface area contributed by atoms with Crippen LogP contribution in [0.25, 0.3) is 0 Å². The van der Waals surface area contributed by atoms with Crippen molar-refractivity contribution >= 4 is 39.5 Å². The molecule has 6 atom stereocenters. The van der Waals surface area contributed by atoms with Crippen molar-refractivity contribution in [3.8, 4) is 0 Å². The highest BCUT2D eigenvalue weighted by Gasteiger charge is 2.30. The van der Waals surface area contributed by atoms with Crippen LogP contribution in [-0.4, -0.2) is 96.7 Å². The molecule has 3 unspecified atom stereocenters. The SMILES string of the molecule is CCCCCCCCCCCCCCC(=O)O[C@H](COC(=O)CCCCCCCCCCC)COP(=O)(O)OC[C@H](O)COP(=O)(O)OC[C@@H](COC(=O)CCCCCCCCCCC(C)CC)OC(=O)CCCCCCCCCCCCCC(C)C. The molecule has 0 saturated carbocycles. The predicted octanol–water partition coefficient (Wildman–Crippen LogP) is 19.2. The molecule has 0 heterocycles. The second-order valence-corrected chi connectivity index (χ2v) is 28.2. The van der Waals surface area contributed by atoms with E-state index in [9.17, 15) is 43.2 Å². The number of hydrogen-bond acceptors (Lipinski definition) is 15. The Balaban J connectivity index is 5.25. The maximum absolute atomic E-state index is 13.0. The summed E-state index contributed by atoms with van der Waals surface area (Å²) in [6, 6.07) is 0. The topological polar surface area (TPSA) is 237 Å². The molecule has 17 nitrogen and oxygen atoms in total. The molecule has 0 amide bonds. The molecular formula is C68H132O17P2. The van der Waals surface area contributed by atoms with Gasteiger partial charge in [0.1, 0.15) is 19.3 Å². The number of esters is 4. The van der Waals surface area contributed by atoms with Gasteiger partial charge in [-0.1, -0.05) is 292 Å². The zero-order valence-corrected chi connectivity index (χ0v) is 58.1. The van der Waals surface area contributed by atoms with E-state index in [4.69, 9.17) is 37.0 Å². The molecule has 0 aliphatic rings. The van der Waals surface area contributed by atoms with Gasteiger partial charge in [-0.25, -0.2) is 9.13 Å². The van der Waals surface area contributed by atoms with Gasteiger partial charge in [-0.2, -0.15) is 0 Å². The Morgan fingerprint density at radius 2 is 0.586 bits per heavy atom. The summed E-state index contributed by atoms with van der Waals surface area (Å²) in [6.07, 6.45) is 44.3. The Labute approximate surface area is 530 Å². The van der Waals surface area contributed by atoms with Crippen LogP contribution in [0, 0.1) is 11.8 Å². The quantitative estimate of drug-likeness (QED) is 0.0222. The Bertz CT molecular complexity index is 1700. The third kappa shape index (κ3) is 61.3. The van der Waals surface area contributed by atoms with E-state index in [1.807, 2.05) is 0 Å². The predicted molar refractivity (Wildman–Crippen MR) is 349 cm³/mol. The van der Waals surface area contributed by atoms with Gasteiger partial charge < -0.3 is 33.8 Å². The first-order chi connectivity index (χ1) is 41.9. The normalized spacial score (nSPS) is 14.5. The molecule has 0 spiro atoms. The summed E-state index contributed by atoms with van der Waals surface area (Å²) in [6.45, 7) is 9.52. The highest BCUT2D eigenvalue weighted by atomic mass is 31.2. The fraction of sp³-hybridized carbons (Fsp3) is 0.941. The lowest BCUT2D eigenvalue weighted by atomic mass is 9.99. The molecule has 0 aromatic heterocycles. The van der Waals surface area contributed by atoms with E-state index in [2.05, 4.69) is 41.5 Å². The molecule has 19 heteroatoms. The minimum absolute atomic E-state index is 0.106. The van der Waals surface area contributed by atoms with Crippen molar-refractivity contribution in [2.75, 3.05) is 39.6 Å². The lowest BCUT2D eigenvalue weighted by Crippen LogP contribution is -2.30. The summed E-state index contributed by atoms with van der Waals surface area (Å²) < 4.78 is 68.2. The van der Waals surface area contributed by atoms with E-state index >= 15 is 0 Å². The van der Waals surface area contributed by atoms with Crippen LogP contribution in [0.1, 0.15) is 343 Å². The third-order valence-corrected chi connectivity index (χ3v) is 18.0. The Kier molecular flexibility index (Phi) is 59.0. The van der Waals surface area contributed by atoms with Crippen LogP contribution in [0.3, 0.4) is 0 Å². The molecule has 0 aromatic carbocycles. The largest absolute Gasteiger partial charge is 0.472 e. The monoisotopic (exact) mass is 1280 g/mol. The van der Waals surface area contributed by atoms with Crippen LogP contribution in [0.4, 0.5) is 0 Å². The minimum atomic E-state index is -4.95. The first-order valence-electron chi connectivity index (χ1n) is 35.5. The van der Waals surface area contributed by atoms with Crippen molar-refractivity contribution in [2.24, 2.45) is 11.8 Å². The van der Waals surface area contributed by atoms with Crippen molar-refractivity contribution in [1.82, 2.24) is 0 Å². The zero-order valence-electron chi connectivity index (χ0n) is 56.3. The number of ether oxygens (including phenoxy) is 4. The molecule has 516 valence electrons. The minimum Gasteiger partial charge on any atom is -0.462 e. The molecule has 0 aromatic rings. The number of carbonyl (C=O) groups is 4. The highest BCUT2D eigenvalue weighted by molar-refractivity contribution is 7.47. The summed E-state index contributed by atoms with van der Waals surface area (Å²) in [4.78, 5) is 72.4. The number of carbonyl (C=O) groups excluding carboxylic acids is 4. The van der Waals surface area contributed by atoms with Crippen LogP contribution in [0.5, 0.6) is 0 Å². The zero-order chi connectivity index (χ0) is 64.3. The van der Waals surface area contributed by atoms with Gasteiger partial charge in [0.05, 0.1) is 26.4 Å². The molecule has 0 aliphatic carbocycles. The fourth-order valence-electron chi connectivity index (χ4n) is 10.2. The van der Waals surface area contributed by atoms with E-state index in [-0.39, 0.29) is 25.7 Å². The van der Waals surface area contributed by atoms with Crippen LogP contribution < -0.4 is 0 Å². The van der Waals surface area contributed by atoms with Gasteiger partial charge >= 0.3 is 39.5 Å². The number of aliphatic hydroxyl groups excluding tert-OH is 1. The van der Waals surface area contributed by atoms with E-state index in [1.54, 1.807) is 0 Å². The number of aliphatic hydroxyl groups is 1. The standard InChI is InChI=1S/C68H132O17P2/c1-7-10-12-14-16-18-19-22-26-34-40-46-52-67(72)84-63(56-78-65(70)50-44-38-32-24-17-15-13-11-8-2)58-82-86(74,75)80-54-62(69)55-81-87(76,77)83-59-64(57-79-66(71)51-45-39-33-29-28-31-37-43-49-61(6)9-3)85-68(73)53-47-41-35-27-23-20-21-25-30-36-42-48-60(4)5/h60-64,69H,7-59H2,1-6H3,(H,74,75)(H,76,77)/t61?,62-,63+,64+/m0/s1. The summed E-state index contributed by atoms with van der Waals surface area (Å²) in [5.74, 6) is -0.584. The van der Waals surface area contributed by atoms with Crippen LogP contribution in [0.2, 0.25) is 0 Å². The number of phosphoric acid groups is 2. The Hall–Kier alpha value is -1.94. The number of hydrogen-bond donors (Lipinski definition) is 3. The molecular weight excluding hydrogens is 1150 g/mol. The van der Waals surface area contributed by atoms with Crippen LogP contribution >= 0.6 is 15.6 Å². The van der Waals surface area contributed by atoms with E-state index in [1.165, 1.54) is 161 Å². The van der Waals surface area contributed by atoms with Crippen LogP contribution in [0.15, 0.2) is 0 Å². The maximum atomic E-state index is 13.0. The second-order valence-electron chi connectivity index (χ2n) is 25.3. The maximum Gasteiger partial charge on any atom is 0.472 e. The second kappa shape index (κ2) is 60.3. The summed E-state index contributed by atoms with van der Waals surface area (Å²) >= 11 is 0. The van der Waals surface area contributed by atoms with E-state index in [0.717, 1.165) is 102 Å². The van der Waals surface area contributed by atoms with Gasteiger partial charge in [0.15, 0.2) is 12.2 Å². The fourth-order valence-corrected chi connectivity index (χ4v) is 11.8. The molecule has 87 heavy (non-hydrogen) atoms. The summed E-state index contributed by atoms with van der Waals surface area (Å²) in [5, 5.41) is 10.6. The average molecular weight is 1280 g/mol. The number of rotatable bonds is 67. The molecule has 0 rings (SSSR count). The van der Waals surface area contributed by atoms with Crippen molar-refractivity contribution in [1.29, 1.82) is 0 Å². The average Bonchev–Trinajstić information content (AvgIpc) is 3.69. The van der Waals surface area contributed by atoms with Crippen molar-refractivity contribution in [2.45, 2.75) is 362 Å². The van der Waals surface area contributed by atoms with Gasteiger partial charge in [-0.3, -0.25) is 37.3 Å². The van der Waals surface area contributed by atoms with Crippen molar-refractivity contribution in [3.63, 3.8) is 0 Å². The number of phosphoric ester groups is 2. The highest BCUT2D eigenvalue weighted by Crippen LogP contribution is 2.45. The summed E-state index contributed by atoms with van der Waals surface area (Å²) in [7, 11) is -9.89. The molecule has 0 bridgehead atoms. The first-order valence-corrected chi connectivity index (χ1v) is 38.5. The Morgan fingerprint density at radius 3 is 0.874 bits per heavy atom. The van der Waals surface area contributed by atoms with E-state index in [0.29, 0.717) is 25.7 Å². The molecule has 0 radical (unpaired) electrons. The van der Waals surface area contributed by atoms with Crippen molar-refractivity contribution in [3.05, 3.63) is 0 Å². The van der Waals surface area contributed by atoms with Gasteiger partial charge in [0.25, 0.3) is 0 Å². The first kappa shape index (κ1) is 85.1. The van der Waals surface area contributed by atoms with Gasteiger partial charge in [-0.05, 0) is 37.5 Å². The molecule has 0 saturated heterocycles. The smallest absolute Gasteiger partial charge is 0.462 e. The lowest BCUT2D eigenvalue weighted by molar-refractivity contribution is -0.161. The summed E-state index contributed by atoms with van der Waals surface area (Å²) in [5.41, 5.74) is 0. The van der Waals surface area contributed by atoms with Gasteiger partial charge in [-0.15, -0.1) is 0 Å². The van der Waals surface area contributed by atoms with Gasteiger partial charge in [0.2, 0.25) is 0 Å². The molecule has 0 fully saturated rings. The molecule has 3 N–H and O–H groups in total. The van der Waals surface area contributed by atoms with Gasteiger partial charge in [0, 0.05) is 25.7 Å². The van der Waals surface area contributed by atoms with Crippen molar-refractivity contribution < 1.29 is 80.2 Å². The number of unbranched alkanes of at least 4 members (excludes halogenated alkanes) is 36. The van der Waals surface area contributed by atoms with E-state index < -0.39 is 97.5 Å². The Morgan fingerprint density at radius 1 is 0.333 bits per heavy atom. The molecule has 0 aliphatic heterocycles. The third-order valence-electron chi connectivity index (χ3n) is 16.1.